The van der Waals surface area contributed by atoms with E-state index in [0.29, 0.717) is 11.1 Å². The van der Waals surface area contributed by atoms with E-state index in [4.69, 9.17) is 7.16 Å². The molecule has 0 spiro atoms. The van der Waals surface area contributed by atoms with E-state index in [1.54, 1.807) is 6.07 Å². The molecule has 0 aliphatic heterocycles. The van der Waals surface area contributed by atoms with Crippen molar-refractivity contribution in [2.24, 2.45) is 0 Å². The number of hydrogen-bond acceptors (Lipinski definition) is 1. The molecule has 0 saturated heterocycles. The van der Waals surface area contributed by atoms with Crippen molar-refractivity contribution >= 4 is 21.9 Å². The van der Waals surface area contributed by atoms with Crippen LogP contribution in [0.4, 0.5) is 4.39 Å². The average Bonchev–Trinajstić information content (AvgIpc) is 3.13. The molecule has 0 atom stereocenters. The molecule has 1 heterocycles. The van der Waals surface area contributed by atoms with Gasteiger partial charge in [0.05, 0.1) is 0 Å². The Balaban J connectivity index is 1.66. The van der Waals surface area contributed by atoms with Gasteiger partial charge in [0, 0.05) is 19.1 Å². The van der Waals surface area contributed by atoms with Gasteiger partial charge in [0.25, 0.3) is 0 Å². The number of hydrogen-bond donors (Lipinski definition) is 0. The van der Waals surface area contributed by atoms with Crippen LogP contribution in [0.5, 0.6) is 0 Å². The van der Waals surface area contributed by atoms with Crippen LogP contribution in [0.1, 0.15) is 13.9 Å². The highest BCUT2D eigenvalue weighted by molar-refractivity contribution is 6.09. The van der Waals surface area contributed by atoms with Gasteiger partial charge in [0.1, 0.15) is 17.0 Å². The fourth-order valence-corrected chi connectivity index (χ4v) is 3.44. The summed E-state index contributed by atoms with van der Waals surface area (Å²) >= 11 is 0. The first-order valence-electron chi connectivity index (χ1n) is 9.81. The number of rotatable bonds is 3. The van der Waals surface area contributed by atoms with E-state index < -0.39 is 6.37 Å². The molecular weight excluding hydrogens is 335 g/mol. The first-order chi connectivity index (χ1) is 14.0. The number of fused-ring (bicyclic) bond motifs is 3. The molecule has 0 unspecified atom stereocenters. The Kier molecular flexibility index (Phi) is 3.26. The average molecular weight is 354 g/mol. The van der Waals surface area contributed by atoms with Crippen molar-refractivity contribution < 1.29 is 11.5 Å². The summed E-state index contributed by atoms with van der Waals surface area (Å²) in [6.07, 6.45) is -1.74. The maximum Gasteiger partial charge on any atom is 0.143 e. The third-order valence-corrected chi connectivity index (χ3v) is 4.71. The maximum absolute atomic E-state index is 13.3. The van der Waals surface area contributed by atoms with Crippen molar-refractivity contribution in [2.75, 3.05) is 0 Å². The Morgan fingerprint density at radius 1 is 0.741 bits per heavy atom. The topological polar surface area (TPSA) is 13.1 Å². The van der Waals surface area contributed by atoms with Crippen molar-refractivity contribution in [1.29, 1.82) is 0 Å². The van der Waals surface area contributed by atoms with Crippen molar-refractivity contribution in [3.05, 3.63) is 108 Å². The van der Waals surface area contributed by atoms with Gasteiger partial charge in [-0.15, -0.1) is 0 Å². The van der Waals surface area contributed by atoms with Gasteiger partial charge in [-0.2, -0.15) is 0 Å². The van der Waals surface area contributed by atoms with Gasteiger partial charge < -0.3 is 4.42 Å². The van der Waals surface area contributed by atoms with Crippen molar-refractivity contribution in [2.45, 2.75) is 6.37 Å². The smallest absolute Gasteiger partial charge is 0.143 e. The lowest BCUT2D eigenvalue weighted by atomic mass is 9.98. The van der Waals surface area contributed by atoms with Crippen LogP contribution in [-0.4, -0.2) is 0 Å². The first-order valence-corrected chi connectivity index (χ1v) is 8.81. The molecule has 1 nitrogen and oxygen atoms in total. The van der Waals surface area contributed by atoms with E-state index in [0.717, 1.165) is 33.1 Å². The van der Waals surface area contributed by atoms with E-state index in [9.17, 15) is 4.39 Å². The quantitative estimate of drug-likeness (QED) is 0.340. The largest absolute Gasteiger partial charge is 0.455 e. The standard InChI is InChI=1S/C25H17FO/c26-20-13-11-17(12-14-20)15-18-5-3-6-19(16-18)21-8-4-9-23-22-7-1-2-10-24(22)27-25(21)23/h1-14,16H,15H2/i15D2. The van der Waals surface area contributed by atoms with E-state index in [1.165, 1.54) is 24.3 Å². The normalized spacial score (nSPS) is 12.9. The van der Waals surface area contributed by atoms with Gasteiger partial charge >= 0.3 is 0 Å². The molecule has 5 aromatic rings. The minimum Gasteiger partial charge on any atom is -0.455 e. The van der Waals surface area contributed by atoms with Gasteiger partial charge in [-0.05, 0) is 41.3 Å². The highest BCUT2D eigenvalue weighted by Gasteiger charge is 2.12. The van der Waals surface area contributed by atoms with Crippen LogP contribution < -0.4 is 0 Å². The molecule has 2 heteroatoms. The molecule has 1 aromatic heterocycles. The summed E-state index contributed by atoms with van der Waals surface area (Å²) < 4.78 is 36.6. The molecule has 0 saturated carbocycles. The summed E-state index contributed by atoms with van der Waals surface area (Å²) in [6, 6.07) is 26.9. The summed E-state index contributed by atoms with van der Waals surface area (Å²) in [7, 11) is 0. The van der Waals surface area contributed by atoms with E-state index in [-0.39, 0.29) is 5.82 Å². The summed E-state index contributed by atoms with van der Waals surface area (Å²) in [5.74, 6) is -0.380. The zero-order valence-corrected chi connectivity index (χ0v) is 14.4. The highest BCUT2D eigenvalue weighted by atomic mass is 19.1. The molecule has 0 radical (unpaired) electrons. The van der Waals surface area contributed by atoms with Gasteiger partial charge in [-0.3, -0.25) is 0 Å². The minimum atomic E-state index is -1.74. The predicted molar refractivity (Wildman–Crippen MR) is 108 cm³/mol. The first kappa shape index (κ1) is 13.8. The zero-order chi connectivity index (χ0) is 20.0. The molecule has 0 aliphatic rings. The number of furan rings is 1. The summed E-state index contributed by atoms with van der Waals surface area (Å²) in [5.41, 5.74) is 4.32. The maximum atomic E-state index is 13.3. The number of para-hydroxylation sites is 2. The molecule has 0 amide bonds. The van der Waals surface area contributed by atoms with Crippen LogP contribution in [0.2, 0.25) is 0 Å². The van der Waals surface area contributed by atoms with Crippen LogP contribution in [0.25, 0.3) is 33.1 Å². The summed E-state index contributed by atoms with van der Waals surface area (Å²) in [5, 5.41) is 2.09. The van der Waals surface area contributed by atoms with Crippen LogP contribution in [0, 0.1) is 5.82 Å². The summed E-state index contributed by atoms with van der Waals surface area (Å²) in [6.45, 7) is 0. The molecule has 0 aliphatic carbocycles. The fraction of sp³-hybridized carbons (Fsp3) is 0.0400. The van der Waals surface area contributed by atoms with Crippen molar-refractivity contribution in [3.8, 4) is 11.1 Å². The second-order valence-electron chi connectivity index (χ2n) is 6.49. The number of benzene rings is 4. The lowest BCUT2D eigenvalue weighted by Crippen LogP contribution is -1.89. The third kappa shape index (κ3) is 2.89. The molecule has 130 valence electrons. The van der Waals surface area contributed by atoms with E-state index >= 15 is 0 Å². The number of halogens is 1. The van der Waals surface area contributed by atoms with Gasteiger partial charge in [-0.25, -0.2) is 4.39 Å². The molecule has 0 fully saturated rings. The van der Waals surface area contributed by atoms with E-state index in [1.807, 2.05) is 60.7 Å². The second-order valence-corrected chi connectivity index (χ2v) is 6.49. The van der Waals surface area contributed by atoms with Crippen LogP contribution >= 0.6 is 0 Å². The predicted octanol–water partition coefficient (Wildman–Crippen LogP) is 6.98. The highest BCUT2D eigenvalue weighted by Crippen LogP contribution is 2.35. The molecule has 0 N–H and O–H groups in total. The molecular formula is C25H17FO. The Morgan fingerprint density at radius 3 is 2.41 bits per heavy atom. The lowest BCUT2D eigenvalue weighted by Gasteiger charge is -2.07. The van der Waals surface area contributed by atoms with Gasteiger partial charge in [0.2, 0.25) is 0 Å². The Morgan fingerprint density at radius 2 is 1.52 bits per heavy atom. The zero-order valence-electron chi connectivity index (χ0n) is 16.4. The van der Waals surface area contributed by atoms with Crippen molar-refractivity contribution in [3.63, 3.8) is 0 Å². The fourth-order valence-electron chi connectivity index (χ4n) is 3.44. The van der Waals surface area contributed by atoms with Gasteiger partial charge in [-0.1, -0.05) is 72.8 Å². The van der Waals surface area contributed by atoms with Crippen LogP contribution in [0.15, 0.2) is 95.4 Å². The molecule has 4 aromatic carbocycles. The van der Waals surface area contributed by atoms with Gasteiger partial charge in [0.15, 0.2) is 0 Å². The SMILES string of the molecule is [2H]C([2H])(c1ccc(F)cc1)c1cccc(-c2cccc3c2oc2ccccc23)c1. The lowest BCUT2D eigenvalue weighted by molar-refractivity contribution is 0.627. The minimum absolute atomic E-state index is 0.380. The monoisotopic (exact) mass is 354 g/mol. The Hall–Kier alpha value is -3.39. The van der Waals surface area contributed by atoms with Crippen LogP contribution in [0.3, 0.4) is 0 Å². The summed E-state index contributed by atoms with van der Waals surface area (Å²) in [4.78, 5) is 0. The molecule has 0 bridgehead atoms. The Labute approximate surface area is 159 Å². The van der Waals surface area contributed by atoms with Crippen molar-refractivity contribution in [1.82, 2.24) is 0 Å². The molecule has 5 rings (SSSR count). The van der Waals surface area contributed by atoms with E-state index in [2.05, 4.69) is 0 Å². The third-order valence-electron chi connectivity index (χ3n) is 4.71. The Bertz CT molecular complexity index is 1340. The molecule has 27 heavy (non-hydrogen) atoms. The van der Waals surface area contributed by atoms with Crippen LogP contribution in [-0.2, 0) is 6.37 Å². The second kappa shape index (κ2) is 6.40.